The summed E-state index contributed by atoms with van der Waals surface area (Å²) in [6.07, 6.45) is -4.02. The fourth-order valence-corrected chi connectivity index (χ4v) is 0.848. The lowest BCUT2D eigenvalue weighted by atomic mass is 9.93. The number of carboxylic acid groups (broad SMARTS) is 3. The van der Waals surface area contributed by atoms with Crippen molar-refractivity contribution < 1.29 is 45.0 Å². The Balaban J connectivity index is 5.15. The van der Waals surface area contributed by atoms with Crippen molar-refractivity contribution in [3.05, 3.63) is 0 Å². The monoisotopic (exact) mass is 224 g/mol. The van der Waals surface area contributed by atoms with Crippen molar-refractivity contribution in [1.82, 2.24) is 0 Å². The molecule has 0 radical (unpaired) electrons. The Labute approximate surface area is 82.1 Å². The molecule has 0 spiro atoms. The van der Waals surface area contributed by atoms with E-state index in [2.05, 4.69) is 4.89 Å². The summed E-state index contributed by atoms with van der Waals surface area (Å²) in [4.78, 5) is 34.3. The maximum absolute atomic E-state index is 10.5. The Morgan fingerprint density at radius 1 is 1.20 bits per heavy atom. The summed E-state index contributed by atoms with van der Waals surface area (Å²) in [6.45, 7) is 0. The van der Waals surface area contributed by atoms with E-state index < -0.39 is 36.0 Å². The molecule has 0 fully saturated rings. The highest BCUT2D eigenvalue weighted by atomic mass is 17.1. The van der Waals surface area contributed by atoms with Crippen LogP contribution in [0.5, 0.6) is 0 Å². The second-order valence-corrected chi connectivity index (χ2v) is 2.62. The molecule has 2 unspecified atom stereocenters. The number of hydrogen-bond donors (Lipinski definition) is 5. The molecule has 0 saturated carbocycles. The first-order chi connectivity index (χ1) is 6.75. The van der Waals surface area contributed by atoms with Gasteiger partial charge in [-0.3, -0.25) is 10.1 Å². The van der Waals surface area contributed by atoms with E-state index in [1.54, 1.807) is 0 Å². The molecule has 0 rings (SSSR count). The minimum atomic E-state index is -3.24. The Bertz CT molecular complexity index is 284. The van der Waals surface area contributed by atoms with Gasteiger partial charge in [0.1, 0.15) is 0 Å². The molecule has 5 N–H and O–H groups in total. The summed E-state index contributed by atoms with van der Waals surface area (Å²) in [5.74, 6) is -5.90. The van der Waals surface area contributed by atoms with Gasteiger partial charge in [-0.1, -0.05) is 0 Å². The first-order valence-electron chi connectivity index (χ1n) is 3.46. The molecule has 9 nitrogen and oxygen atoms in total. The van der Waals surface area contributed by atoms with E-state index in [0.717, 1.165) is 0 Å². The highest BCUT2D eigenvalue weighted by Gasteiger charge is 2.52. The van der Waals surface area contributed by atoms with Crippen molar-refractivity contribution in [2.24, 2.45) is 0 Å². The first kappa shape index (κ1) is 13.3. The standard InChI is InChI=1S/C6H8O9/c7-2(8)1-6(13,5(11)12)3(15-14)4(9)10/h3,13-14H,1H2,(H,7,8)(H,9,10)(H,11,12). The van der Waals surface area contributed by atoms with E-state index in [4.69, 9.17) is 20.6 Å². The third kappa shape index (κ3) is 2.87. The molecule has 15 heavy (non-hydrogen) atoms. The van der Waals surface area contributed by atoms with Gasteiger partial charge in [-0.15, -0.1) is 0 Å². The number of hydrogen-bond acceptors (Lipinski definition) is 6. The average molecular weight is 224 g/mol. The van der Waals surface area contributed by atoms with E-state index in [9.17, 15) is 19.5 Å². The van der Waals surface area contributed by atoms with E-state index in [-0.39, 0.29) is 0 Å². The predicted octanol–water partition coefficient (Wildman–Crippen LogP) is -1.78. The Hall–Kier alpha value is -1.71. The van der Waals surface area contributed by atoms with E-state index >= 15 is 0 Å². The first-order valence-corrected chi connectivity index (χ1v) is 3.46. The van der Waals surface area contributed by atoms with Crippen molar-refractivity contribution in [3.8, 4) is 0 Å². The Morgan fingerprint density at radius 2 is 1.67 bits per heavy atom. The molecule has 0 aliphatic carbocycles. The van der Waals surface area contributed by atoms with Crippen LogP contribution in [0.3, 0.4) is 0 Å². The molecule has 0 aliphatic rings. The van der Waals surface area contributed by atoms with Gasteiger partial charge in [-0.25, -0.2) is 14.5 Å². The molecule has 0 bridgehead atoms. The van der Waals surface area contributed by atoms with Crippen LogP contribution in [-0.2, 0) is 19.3 Å². The van der Waals surface area contributed by atoms with Gasteiger partial charge < -0.3 is 20.4 Å². The van der Waals surface area contributed by atoms with Crippen molar-refractivity contribution in [1.29, 1.82) is 0 Å². The normalized spacial score (nSPS) is 16.4. The third-order valence-electron chi connectivity index (χ3n) is 1.55. The molecule has 0 aromatic heterocycles. The summed E-state index contributed by atoms with van der Waals surface area (Å²) < 4.78 is 0. The van der Waals surface area contributed by atoms with Crippen LogP contribution in [0, 0.1) is 0 Å². The third-order valence-corrected chi connectivity index (χ3v) is 1.55. The largest absolute Gasteiger partial charge is 0.481 e. The maximum atomic E-state index is 10.5. The van der Waals surface area contributed by atoms with Crippen LogP contribution in [0.4, 0.5) is 0 Å². The van der Waals surface area contributed by atoms with Crippen molar-refractivity contribution in [3.63, 3.8) is 0 Å². The van der Waals surface area contributed by atoms with Crippen LogP contribution in [0.15, 0.2) is 0 Å². The summed E-state index contributed by atoms with van der Waals surface area (Å²) in [7, 11) is 0. The van der Waals surface area contributed by atoms with Gasteiger partial charge in [-0.05, 0) is 0 Å². The lowest BCUT2D eigenvalue weighted by Crippen LogP contribution is -2.55. The van der Waals surface area contributed by atoms with E-state index in [0.29, 0.717) is 0 Å². The summed E-state index contributed by atoms with van der Waals surface area (Å²) in [5, 5.41) is 42.4. The second-order valence-electron chi connectivity index (χ2n) is 2.62. The van der Waals surface area contributed by atoms with Crippen molar-refractivity contribution in [2.75, 3.05) is 0 Å². The van der Waals surface area contributed by atoms with Gasteiger partial charge >= 0.3 is 17.9 Å². The lowest BCUT2D eigenvalue weighted by Gasteiger charge is -2.25. The number of carbonyl (C=O) groups is 3. The molecule has 0 aromatic rings. The number of carboxylic acids is 3. The van der Waals surface area contributed by atoms with Crippen LogP contribution in [-0.4, -0.2) is 55.3 Å². The molecular weight excluding hydrogens is 216 g/mol. The van der Waals surface area contributed by atoms with Gasteiger partial charge in [0.25, 0.3) is 0 Å². The zero-order valence-corrected chi connectivity index (χ0v) is 7.15. The van der Waals surface area contributed by atoms with E-state index in [1.165, 1.54) is 0 Å². The quantitative estimate of drug-likeness (QED) is 0.259. The minimum absolute atomic E-state index is 1.43. The fraction of sp³-hybridized carbons (Fsp3) is 0.500. The highest BCUT2D eigenvalue weighted by Crippen LogP contribution is 2.19. The molecule has 86 valence electrons. The van der Waals surface area contributed by atoms with Crippen molar-refractivity contribution in [2.45, 2.75) is 18.1 Å². The van der Waals surface area contributed by atoms with Crippen LogP contribution >= 0.6 is 0 Å². The summed E-state index contributed by atoms with van der Waals surface area (Å²) >= 11 is 0. The SMILES string of the molecule is O=C(O)CC(O)(C(=O)O)C(OO)C(=O)O. The van der Waals surface area contributed by atoms with Gasteiger partial charge in [0.05, 0.1) is 6.42 Å². The molecule has 0 amide bonds. The van der Waals surface area contributed by atoms with Crippen LogP contribution in [0.25, 0.3) is 0 Å². The zero-order chi connectivity index (χ0) is 12.2. The van der Waals surface area contributed by atoms with Crippen LogP contribution in [0.2, 0.25) is 0 Å². The number of rotatable bonds is 6. The smallest absolute Gasteiger partial charge is 0.339 e. The molecule has 9 heteroatoms. The van der Waals surface area contributed by atoms with Crippen LogP contribution in [0.1, 0.15) is 6.42 Å². The van der Waals surface area contributed by atoms with Gasteiger partial charge in [0.2, 0.25) is 11.7 Å². The summed E-state index contributed by atoms with van der Waals surface area (Å²) in [5.41, 5.74) is -3.24. The van der Waals surface area contributed by atoms with Crippen molar-refractivity contribution >= 4 is 17.9 Å². The second kappa shape index (κ2) is 4.68. The molecule has 0 saturated heterocycles. The minimum Gasteiger partial charge on any atom is -0.481 e. The Kier molecular flexibility index (Phi) is 4.15. The molecule has 0 aliphatic heterocycles. The lowest BCUT2D eigenvalue weighted by molar-refractivity contribution is -0.307. The van der Waals surface area contributed by atoms with Gasteiger partial charge in [0.15, 0.2) is 0 Å². The highest BCUT2D eigenvalue weighted by molar-refractivity contribution is 5.90. The fourth-order valence-electron chi connectivity index (χ4n) is 0.848. The summed E-state index contributed by atoms with van der Waals surface area (Å²) in [6, 6.07) is 0. The van der Waals surface area contributed by atoms with Crippen LogP contribution < -0.4 is 0 Å². The molecule has 0 aromatic carbocycles. The molecule has 0 heterocycles. The zero-order valence-electron chi connectivity index (χ0n) is 7.15. The number of aliphatic hydroxyl groups is 1. The topological polar surface area (TPSA) is 162 Å². The average Bonchev–Trinajstić information content (AvgIpc) is 2.02. The van der Waals surface area contributed by atoms with Gasteiger partial charge in [-0.2, -0.15) is 0 Å². The predicted molar refractivity (Wildman–Crippen MR) is 40.0 cm³/mol. The molecular formula is C6H8O9. The maximum Gasteiger partial charge on any atom is 0.339 e. The number of aliphatic carboxylic acids is 3. The van der Waals surface area contributed by atoms with E-state index in [1.807, 2.05) is 0 Å². The van der Waals surface area contributed by atoms with Gasteiger partial charge in [0, 0.05) is 0 Å². The molecule has 2 atom stereocenters. The Morgan fingerprint density at radius 3 is 1.87 bits per heavy atom.